The lowest BCUT2D eigenvalue weighted by Gasteiger charge is -2.29. The number of benzene rings is 1. The van der Waals surface area contributed by atoms with E-state index in [-0.39, 0.29) is 17.9 Å². The monoisotopic (exact) mass is 358 g/mol. The van der Waals surface area contributed by atoms with Gasteiger partial charge in [0.15, 0.2) is 0 Å². The van der Waals surface area contributed by atoms with Gasteiger partial charge in [-0.15, -0.1) is 0 Å². The van der Waals surface area contributed by atoms with Crippen LogP contribution in [0.4, 0.5) is 13.2 Å². The van der Waals surface area contributed by atoms with Crippen molar-refractivity contribution in [3.05, 3.63) is 34.9 Å². The summed E-state index contributed by atoms with van der Waals surface area (Å²) in [6, 6.07) is 2.82. The van der Waals surface area contributed by atoms with E-state index in [9.17, 15) is 22.8 Å². The van der Waals surface area contributed by atoms with Crippen molar-refractivity contribution in [1.82, 2.24) is 0 Å². The molecule has 0 amide bonds. The van der Waals surface area contributed by atoms with Gasteiger partial charge < -0.3 is 14.2 Å². The molecule has 1 heterocycles. The molecule has 0 atom stereocenters. The molecule has 0 bridgehead atoms. The van der Waals surface area contributed by atoms with Gasteiger partial charge in [-0.1, -0.05) is 6.92 Å². The molecule has 25 heavy (non-hydrogen) atoms. The van der Waals surface area contributed by atoms with Crippen molar-refractivity contribution >= 4 is 18.0 Å². The van der Waals surface area contributed by atoms with Gasteiger partial charge in [0.1, 0.15) is 11.3 Å². The van der Waals surface area contributed by atoms with Crippen LogP contribution >= 0.6 is 0 Å². The van der Waals surface area contributed by atoms with Gasteiger partial charge in [-0.05, 0) is 30.7 Å². The van der Waals surface area contributed by atoms with E-state index in [0.29, 0.717) is 6.42 Å². The third kappa shape index (κ3) is 4.52. The highest BCUT2D eigenvalue weighted by molar-refractivity contribution is 6.19. The van der Waals surface area contributed by atoms with E-state index in [1.165, 1.54) is 13.8 Å². The summed E-state index contributed by atoms with van der Waals surface area (Å²) in [7, 11) is 0. The van der Waals surface area contributed by atoms with Crippen LogP contribution in [0.1, 0.15) is 38.3 Å². The Labute approximate surface area is 142 Å². The maximum absolute atomic E-state index is 12.9. The van der Waals surface area contributed by atoms with Gasteiger partial charge in [-0.2, -0.15) is 13.2 Å². The van der Waals surface area contributed by atoms with E-state index < -0.39 is 35.0 Å². The Morgan fingerprint density at radius 3 is 2.28 bits per heavy atom. The Balaban J connectivity index is 2.48. The Morgan fingerprint density at radius 2 is 1.76 bits per heavy atom. The molecule has 0 saturated carbocycles. The Bertz CT molecular complexity index is 697. The van der Waals surface area contributed by atoms with E-state index in [4.69, 9.17) is 14.2 Å². The molecule has 1 aromatic rings. The zero-order chi connectivity index (χ0) is 18.8. The van der Waals surface area contributed by atoms with Gasteiger partial charge in [0.2, 0.25) is 0 Å². The first kappa shape index (κ1) is 18.8. The molecule has 1 aliphatic heterocycles. The summed E-state index contributed by atoms with van der Waals surface area (Å²) in [5.74, 6) is -3.26. The highest BCUT2D eigenvalue weighted by Crippen LogP contribution is 2.34. The molecule has 1 saturated heterocycles. The standard InChI is InChI=1S/C17H17F3O5/c1-4-7-23-13-6-5-11(17(18,19)20)8-10(13)9-12-14(21)24-16(2,3)25-15(12)22/h5-6,8-9H,4,7H2,1-3H3. The predicted octanol–water partition coefficient (Wildman–Crippen LogP) is 3.71. The van der Waals surface area contributed by atoms with Crippen LogP contribution in [0, 0.1) is 0 Å². The minimum atomic E-state index is -4.58. The number of esters is 2. The molecule has 1 aliphatic rings. The van der Waals surface area contributed by atoms with Crippen molar-refractivity contribution in [3.63, 3.8) is 0 Å². The largest absolute Gasteiger partial charge is 0.493 e. The van der Waals surface area contributed by atoms with E-state index in [1.54, 1.807) is 0 Å². The summed E-state index contributed by atoms with van der Waals surface area (Å²) >= 11 is 0. The van der Waals surface area contributed by atoms with Crippen LogP contribution in [-0.2, 0) is 25.2 Å². The Hall–Kier alpha value is -2.51. The Kier molecular flexibility index (Phi) is 5.10. The molecule has 0 aromatic heterocycles. The maximum Gasteiger partial charge on any atom is 0.416 e. The lowest BCUT2D eigenvalue weighted by Crippen LogP contribution is -2.41. The summed E-state index contributed by atoms with van der Waals surface area (Å²) in [4.78, 5) is 24.0. The Morgan fingerprint density at radius 1 is 1.16 bits per heavy atom. The molecule has 0 spiro atoms. The third-order valence-electron chi connectivity index (χ3n) is 3.22. The fourth-order valence-electron chi connectivity index (χ4n) is 2.12. The second-order valence-corrected chi connectivity index (χ2v) is 5.84. The summed E-state index contributed by atoms with van der Waals surface area (Å²) in [6.45, 7) is 4.85. The number of hydrogen-bond acceptors (Lipinski definition) is 5. The van der Waals surface area contributed by atoms with Crippen LogP contribution in [0.2, 0.25) is 0 Å². The first-order valence-electron chi connectivity index (χ1n) is 7.56. The van der Waals surface area contributed by atoms with Crippen molar-refractivity contribution in [2.75, 3.05) is 6.61 Å². The number of halogens is 3. The molecule has 0 radical (unpaired) electrons. The molecular formula is C17H17F3O5. The van der Waals surface area contributed by atoms with Gasteiger partial charge in [-0.3, -0.25) is 0 Å². The molecule has 0 aliphatic carbocycles. The highest BCUT2D eigenvalue weighted by atomic mass is 19.4. The minimum absolute atomic E-state index is 0.0631. The number of cyclic esters (lactones) is 2. The smallest absolute Gasteiger partial charge is 0.416 e. The second kappa shape index (κ2) is 6.78. The molecule has 8 heteroatoms. The molecule has 1 fully saturated rings. The third-order valence-corrected chi connectivity index (χ3v) is 3.22. The first-order chi connectivity index (χ1) is 11.5. The number of carbonyl (C=O) groups is 2. The summed E-state index contributed by atoms with van der Waals surface area (Å²) in [6.07, 6.45) is -2.96. The first-order valence-corrected chi connectivity index (χ1v) is 7.56. The second-order valence-electron chi connectivity index (χ2n) is 5.84. The molecule has 5 nitrogen and oxygen atoms in total. The average Bonchev–Trinajstić information content (AvgIpc) is 2.47. The van der Waals surface area contributed by atoms with Crippen molar-refractivity contribution in [3.8, 4) is 5.75 Å². The fourth-order valence-corrected chi connectivity index (χ4v) is 2.12. The SMILES string of the molecule is CCCOc1ccc(C(F)(F)F)cc1C=C1C(=O)OC(C)(C)OC1=O. The van der Waals surface area contributed by atoms with Crippen LogP contribution < -0.4 is 4.74 Å². The lowest BCUT2D eigenvalue weighted by molar-refractivity contribution is -0.222. The molecule has 2 rings (SSSR count). The van der Waals surface area contributed by atoms with Crippen molar-refractivity contribution in [1.29, 1.82) is 0 Å². The molecule has 136 valence electrons. The quantitative estimate of drug-likeness (QED) is 0.466. The topological polar surface area (TPSA) is 61.8 Å². The number of ether oxygens (including phenoxy) is 3. The summed E-state index contributed by atoms with van der Waals surface area (Å²) in [5, 5.41) is 0. The van der Waals surface area contributed by atoms with Crippen LogP contribution in [0.3, 0.4) is 0 Å². The van der Waals surface area contributed by atoms with Crippen LogP contribution in [-0.4, -0.2) is 24.3 Å². The van der Waals surface area contributed by atoms with E-state index in [0.717, 1.165) is 24.3 Å². The lowest BCUT2D eigenvalue weighted by atomic mass is 10.1. The molecule has 0 N–H and O–H groups in total. The molecular weight excluding hydrogens is 341 g/mol. The zero-order valence-electron chi connectivity index (χ0n) is 13.9. The zero-order valence-corrected chi connectivity index (χ0v) is 13.9. The van der Waals surface area contributed by atoms with E-state index in [2.05, 4.69) is 0 Å². The van der Waals surface area contributed by atoms with Gasteiger partial charge in [0.05, 0.1) is 12.2 Å². The maximum atomic E-state index is 12.9. The molecule has 1 aromatic carbocycles. The van der Waals surface area contributed by atoms with Crippen molar-refractivity contribution < 1.29 is 37.0 Å². The van der Waals surface area contributed by atoms with Gasteiger partial charge in [0, 0.05) is 19.4 Å². The van der Waals surface area contributed by atoms with Gasteiger partial charge in [0.25, 0.3) is 5.79 Å². The van der Waals surface area contributed by atoms with E-state index >= 15 is 0 Å². The fraction of sp³-hybridized carbons (Fsp3) is 0.412. The summed E-state index contributed by atoms with van der Waals surface area (Å²) in [5.41, 5.74) is -1.49. The van der Waals surface area contributed by atoms with Crippen LogP contribution in [0.5, 0.6) is 5.75 Å². The average molecular weight is 358 g/mol. The number of rotatable bonds is 4. The van der Waals surface area contributed by atoms with Gasteiger partial charge in [-0.25, -0.2) is 9.59 Å². The number of carbonyl (C=O) groups excluding carboxylic acids is 2. The van der Waals surface area contributed by atoms with Crippen molar-refractivity contribution in [2.24, 2.45) is 0 Å². The molecule has 0 unspecified atom stereocenters. The van der Waals surface area contributed by atoms with E-state index in [1.807, 2.05) is 6.92 Å². The number of hydrogen-bond donors (Lipinski definition) is 0. The number of alkyl halides is 3. The van der Waals surface area contributed by atoms with Crippen LogP contribution in [0.25, 0.3) is 6.08 Å². The van der Waals surface area contributed by atoms with Crippen molar-refractivity contribution in [2.45, 2.75) is 39.2 Å². The minimum Gasteiger partial charge on any atom is -0.493 e. The summed E-state index contributed by atoms with van der Waals surface area (Å²) < 4.78 is 54.1. The van der Waals surface area contributed by atoms with Gasteiger partial charge >= 0.3 is 18.1 Å². The highest BCUT2D eigenvalue weighted by Gasteiger charge is 2.39. The van der Waals surface area contributed by atoms with Crippen LogP contribution in [0.15, 0.2) is 23.8 Å². The normalized spacial score (nSPS) is 17.0. The predicted molar refractivity (Wildman–Crippen MR) is 81.5 cm³/mol.